The number of fused-ring (bicyclic) bond motifs is 1. The number of hydrogen-bond acceptors (Lipinski definition) is 4. The Morgan fingerprint density at radius 2 is 1.85 bits per heavy atom. The van der Waals surface area contributed by atoms with Crippen molar-refractivity contribution < 1.29 is 0 Å². The molecule has 1 N–H and O–H groups in total. The van der Waals surface area contributed by atoms with E-state index >= 15 is 0 Å². The minimum absolute atomic E-state index is 0.0922. The number of halogens is 1. The number of aromatic nitrogens is 2. The van der Waals surface area contributed by atoms with Crippen LogP contribution < -0.4 is 5.56 Å². The summed E-state index contributed by atoms with van der Waals surface area (Å²) in [7, 11) is 0. The van der Waals surface area contributed by atoms with Gasteiger partial charge in [0.2, 0.25) is 0 Å². The molecule has 0 saturated heterocycles. The van der Waals surface area contributed by atoms with E-state index in [2.05, 4.69) is 22.1 Å². The number of nitrogens with one attached hydrogen (secondary N) is 1. The van der Waals surface area contributed by atoms with Gasteiger partial charge in [0.05, 0.1) is 5.39 Å². The molecule has 2 aromatic carbocycles. The summed E-state index contributed by atoms with van der Waals surface area (Å²) in [6.07, 6.45) is 0. The first-order valence-corrected chi connectivity index (χ1v) is 10.3. The van der Waals surface area contributed by atoms with Gasteiger partial charge in [0.1, 0.15) is 4.83 Å². The highest BCUT2D eigenvalue weighted by Crippen LogP contribution is 2.32. The number of aromatic amines is 1. The van der Waals surface area contributed by atoms with Crippen LogP contribution in [0.4, 0.5) is 0 Å². The minimum atomic E-state index is -0.0922. The van der Waals surface area contributed by atoms with E-state index in [-0.39, 0.29) is 5.56 Å². The highest BCUT2D eigenvalue weighted by molar-refractivity contribution is 7.98. The molecule has 0 spiro atoms. The molecule has 4 aromatic rings. The Morgan fingerprint density at radius 1 is 1.12 bits per heavy atom. The van der Waals surface area contributed by atoms with Crippen molar-refractivity contribution in [3.05, 3.63) is 80.4 Å². The van der Waals surface area contributed by atoms with Gasteiger partial charge in [-0.15, -0.1) is 11.3 Å². The molecule has 26 heavy (non-hydrogen) atoms. The fraction of sp³-hybridized carbons (Fsp3) is 0.100. The van der Waals surface area contributed by atoms with Crippen molar-refractivity contribution in [3.8, 4) is 11.1 Å². The second-order valence-corrected chi connectivity index (χ2v) is 8.24. The third kappa shape index (κ3) is 3.56. The third-order valence-electron chi connectivity index (χ3n) is 4.07. The first-order chi connectivity index (χ1) is 12.6. The van der Waals surface area contributed by atoms with Gasteiger partial charge in [0, 0.05) is 21.7 Å². The Bertz CT molecular complexity index is 1120. The molecule has 0 radical (unpaired) electrons. The second-order valence-electron chi connectivity index (χ2n) is 5.98. The summed E-state index contributed by atoms with van der Waals surface area (Å²) >= 11 is 8.93. The molecule has 2 aromatic heterocycles. The van der Waals surface area contributed by atoms with Crippen LogP contribution in [0.2, 0.25) is 5.02 Å². The van der Waals surface area contributed by atoms with Crippen LogP contribution in [0.1, 0.15) is 11.1 Å². The van der Waals surface area contributed by atoms with Gasteiger partial charge in [-0.25, -0.2) is 4.98 Å². The lowest BCUT2D eigenvalue weighted by Crippen LogP contribution is -2.08. The maximum Gasteiger partial charge on any atom is 0.260 e. The van der Waals surface area contributed by atoms with E-state index in [4.69, 9.17) is 11.6 Å². The number of thiophene rings is 1. The fourth-order valence-electron chi connectivity index (χ4n) is 2.68. The molecular formula is C20H15ClN2OS2. The molecule has 4 rings (SSSR count). The highest BCUT2D eigenvalue weighted by Gasteiger charge is 2.13. The standard InChI is InChI=1S/C20H15ClN2OS2/c1-12-2-6-14(7-3-12)16-11-25-19-17(16)18(24)22-20(23-19)26-10-13-4-8-15(21)9-5-13/h2-9,11H,10H2,1H3,(H,22,23,24). The topological polar surface area (TPSA) is 45.8 Å². The number of H-pyrrole nitrogens is 1. The molecule has 0 atom stereocenters. The Hall–Kier alpha value is -2.08. The highest BCUT2D eigenvalue weighted by atomic mass is 35.5. The molecule has 0 unspecified atom stereocenters. The molecule has 0 saturated carbocycles. The number of rotatable bonds is 4. The van der Waals surface area contributed by atoms with Crippen LogP contribution >= 0.6 is 34.7 Å². The zero-order chi connectivity index (χ0) is 18.1. The van der Waals surface area contributed by atoms with E-state index in [0.717, 1.165) is 27.3 Å². The summed E-state index contributed by atoms with van der Waals surface area (Å²) in [4.78, 5) is 21.0. The summed E-state index contributed by atoms with van der Waals surface area (Å²) in [5.41, 5.74) is 4.21. The molecule has 0 fully saturated rings. The Labute approximate surface area is 164 Å². The predicted molar refractivity (Wildman–Crippen MR) is 111 cm³/mol. The van der Waals surface area contributed by atoms with Crippen LogP contribution in [0.15, 0.2) is 63.9 Å². The fourth-order valence-corrected chi connectivity index (χ4v) is 4.62. The molecule has 130 valence electrons. The van der Waals surface area contributed by atoms with Gasteiger partial charge in [-0.05, 0) is 30.2 Å². The molecule has 3 nitrogen and oxygen atoms in total. The van der Waals surface area contributed by atoms with Crippen molar-refractivity contribution in [1.29, 1.82) is 0 Å². The van der Waals surface area contributed by atoms with Crippen molar-refractivity contribution in [2.75, 3.05) is 0 Å². The summed E-state index contributed by atoms with van der Waals surface area (Å²) in [5, 5.41) is 4.02. The van der Waals surface area contributed by atoms with E-state index < -0.39 is 0 Å². The number of nitrogens with zero attached hydrogens (tertiary/aromatic N) is 1. The maximum atomic E-state index is 12.7. The molecule has 0 amide bonds. The third-order valence-corrected chi connectivity index (χ3v) is 6.14. The maximum absolute atomic E-state index is 12.7. The Morgan fingerprint density at radius 3 is 2.58 bits per heavy atom. The zero-order valence-electron chi connectivity index (χ0n) is 14.0. The van der Waals surface area contributed by atoms with Crippen molar-refractivity contribution in [3.63, 3.8) is 0 Å². The Balaban J connectivity index is 1.64. The summed E-state index contributed by atoms with van der Waals surface area (Å²) in [6, 6.07) is 15.9. The van der Waals surface area contributed by atoms with Gasteiger partial charge in [-0.2, -0.15) is 0 Å². The van der Waals surface area contributed by atoms with Crippen molar-refractivity contribution in [1.82, 2.24) is 9.97 Å². The molecular weight excluding hydrogens is 384 g/mol. The summed E-state index contributed by atoms with van der Waals surface area (Å²) < 4.78 is 0. The molecule has 2 heterocycles. The zero-order valence-corrected chi connectivity index (χ0v) is 16.3. The van der Waals surface area contributed by atoms with Gasteiger partial charge in [-0.3, -0.25) is 4.79 Å². The predicted octanol–water partition coefficient (Wildman–Crippen LogP) is 5.91. The average molecular weight is 399 g/mol. The van der Waals surface area contributed by atoms with Crippen molar-refractivity contribution in [2.24, 2.45) is 0 Å². The quantitative estimate of drug-likeness (QED) is 0.343. The summed E-state index contributed by atoms with van der Waals surface area (Å²) in [6.45, 7) is 2.05. The molecule has 0 aliphatic carbocycles. The summed E-state index contributed by atoms with van der Waals surface area (Å²) in [5.74, 6) is 0.724. The van der Waals surface area contributed by atoms with Gasteiger partial charge >= 0.3 is 0 Å². The lowest BCUT2D eigenvalue weighted by molar-refractivity contribution is 0.980. The second kappa shape index (κ2) is 7.27. The van der Waals surface area contributed by atoms with Gasteiger partial charge in [0.25, 0.3) is 5.56 Å². The lowest BCUT2D eigenvalue weighted by atomic mass is 10.1. The number of aryl methyl sites for hydroxylation is 1. The molecule has 0 bridgehead atoms. The van der Waals surface area contributed by atoms with Crippen molar-refractivity contribution >= 4 is 44.9 Å². The number of thioether (sulfide) groups is 1. The van der Waals surface area contributed by atoms with Crippen LogP contribution in [-0.2, 0) is 5.75 Å². The molecule has 0 aliphatic heterocycles. The van der Waals surface area contributed by atoms with Crippen LogP contribution in [0.25, 0.3) is 21.3 Å². The Kier molecular flexibility index (Phi) is 4.85. The van der Waals surface area contributed by atoms with Crippen LogP contribution in [0.3, 0.4) is 0 Å². The van der Waals surface area contributed by atoms with Crippen molar-refractivity contribution in [2.45, 2.75) is 17.8 Å². The van der Waals surface area contributed by atoms with E-state index in [1.165, 1.54) is 28.7 Å². The van der Waals surface area contributed by atoms with Crippen LogP contribution in [-0.4, -0.2) is 9.97 Å². The average Bonchev–Trinajstić information content (AvgIpc) is 3.06. The van der Waals surface area contributed by atoms with Gasteiger partial charge in [0.15, 0.2) is 5.16 Å². The first kappa shape index (κ1) is 17.3. The van der Waals surface area contributed by atoms with E-state index in [1.807, 2.05) is 48.7 Å². The van der Waals surface area contributed by atoms with Gasteiger partial charge in [-0.1, -0.05) is 65.3 Å². The SMILES string of the molecule is Cc1ccc(-c2csc3nc(SCc4ccc(Cl)cc4)[nH]c(=O)c23)cc1. The first-order valence-electron chi connectivity index (χ1n) is 8.06. The van der Waals surface area contributed by atoms with E-state index in [0.29, 0.717) is 15.6 Å². The van der Waals surface area contributed by atoms with E-state index in [1.54, 1.807) is 0 Å². The molecule has 6 heteroatoms. The van der Waals surface area contributed by atoms with Crippen LogP contribution in [0.5, 0.6) is 0 Å². The van der Waals surface area contributed by atoms with Crippen LogP contribution in [0, 0.1) is 6.92 Å². The number of benzene rings is 2. The monoisotopic (exact) mass is 398 g/mol. The smallest absolute Gasteiger partial charge is 0.260 e. The molecule has 0 aliphatic rings. The van der Waals surface area contributed by atoms with Gasteiger partial charge < -0.3 is 4.98 Å². The van der Waals surface area contributed by atoms with E-state index in [9.17, 15) is 4.79 Å². The number of hydrogen-bond donors (Lipinski definition) is 1. The normalized spacial score (nSPS) is 11.2. The minimum Gasteiger partial charge on any atom is -0.301 e. The largest absolute Gasteiger partial charge is 0.301 e. The lowest BCUT2D eigenvalue weighted by Gasteiger charge is -2.03.